The second-order valence-electron chi connectivity index (χ2n) is 7.14. The van der Waals surface area contributed by atoms with Crippen LogP contribution in [0.2, 0.25) is 0 Å². The van der Waals surface area contributed by atoms with E-state index < -0.39 is 10.1 Å². The molecule has 1 aliphatic rings. The van der Waals surface area contributed by atoms with E-state index in [2.05, 4.69) is 26.0 Å². The minimum Gasteiger partial charge on any atom is -0.192 e. The highest BCUT2D eigenvalue weighted by Crippen LogP contribution is 2.31. The van der Waals surface area contributed by atoms with E-state index in [-0.39, 0.29) is 4.90 Å². The second kappa shape index (κ2) is 7.08. The summed E-state index contributed by atoms with van der Waals surface area (Å²) in [5.41, 5.74) is 3.29. The highest BCUT2D eigenvalue weighted by Gasteiger charge is 2.25. The number of rotatable bonds is 5. The predicted octanol–water partition coefficient (Wildman–Crippen LogP) is 4.99. The summed E-state index contributed by atoms with van der Waals surface area (Å²) in [6, 6.07) is 19.2. The summed E-state index contributed by atoms with van der Waals surface area (Å²) in [5.74, 6) is 0.404. The van der Waals surface area contributed by atoms with E-state index in [0.29, 0.717) is 19.0 Å². The third-order valence-electron chi connectivity index (χ3n) is 5.32. The molecule has 5 heteroatoms. The molecule has 0 saturated carbocycles. The first-order chi connectivity index (χ1) is 13.0. The molecule has 1 heterocycles. The first-order valence-corrected chi connectivity index (χ1v) is 10.7. The summed E-state index contributed by atoms with van der Waals surface area (Å²) >= 11 is 0. The minimum absolute atomic E-state index is 0.187. The zero-order valence-electron chi connectivity index (χ0n) is 15.6. The Morgan fingerprint density at radius 2 is 1.56 bits per heavy atom. The average Bonchev–Trinajstić information content (AvgIpc) is 2.67. The Bertz CT molecular complexity index is 1030. The van der Waals surface area contributed by atoms with Gasteiger partial charge in [-0.2, -0.15) is 17.8 Å². The zero-order chi connectivity index (χ0) is 19.0. The van der Waals surface area contributed by atoms with Crippen molar-refractivity contribution in [2.75, 3.05) is 0 Å². The molecule has 27 heavy (non-hydrogen) atoms. The molecular weight excluding hydrogens is 358 g/mol. The Morgan fingerprint density at radius 1 is 0.963 bits per heavy atom. The third-order valence-corrected chi connectivity index (χ3v) is 6.58. The molecule has 0 spiro atoms. The van der Waals surface area contributed by atoms with Crippen LogP contribution < -0.4 is 0 Å². The molecule has 0 saturated heterocycles. The fourth-order valence-corrected chi connectivity index (χ4v) is 4.57. The van der Waals surface area contributed by atoms with Crippen LogP contribution in [0.5, 0.6) is 0 Å². The van der Waals surface area contributed by atoms with E-state index in [1.807, 2.05) is 36.4 Å². The van der Waals surface area contributed by atoms with Crippen molar-refractivity contribution in [3.05, 3.63) is 77.4 Å². The van der Waals surface area contributed by atoms with Crippen LogP contribution in [0.15, 0.2) is 65.6 Å². The van der Waals surface area contributed by atoms with Gasteiger partial charge in [0.2, 0.25) is 0 Å². The third kappa shape index (κ3) is 3.50. The molecule has 0 aliphatic carbocycles. The van der Waals surface area contributed by atoms with Crippen LogP contribution in [0.3, 0.4) is 0 Å². The molecular formula is C22H23NO3S. The maximum atomic E-state index is 12.7. The van der Waals surface area contributed by atoms with Crippen LogP contribution in [-0.4, -0.2) is 13.5 Å². The van der Waals surface area contributed by atoms with E-state index in [9.17, 15) is 8.42 Å². The van der Waals surface area contributed by atoms with Gasteiger partial charge in [-0.3, -0.25) is 0 Å². The molecule has 1 aliphatic heterocycles. The van der Waals surface area contributed by atoms with Gasteiger partial charge in [0, 0.05) is 0 Å². The Kier molecular flexibility index (Phi) is 4.76. The lowest BCUT2D eigenvalue weighted by Crippen LogP contribution is -2.29. The topological polar surface area (TPSA) is 46.6 Å². The molecule has 0 aromatic heterocycles. The number of hydrogen-bond donors (Lipinski definition) is 0. The average molecular weight is 381 g/mol. The summed E-state index contributed by atoms with van der Waals surface area (Å²) in [6.07, 6.45) is 1.02. The van der Waals surface area contributed by atoms with Gasteiger partial charge < -0.3 is 0 Å². The van der Waals surface area contributed by atoms with Crippen LogP contribution >= 0.6 is 0 Å². The summed E-state index contributed by atoms with van der Waals surface area (Å²) in [6.45, 7) is 5.13. The molecule has 3 aromatic rings. The molecule has 0 bridgehead atoms. The van der Waals surface area contributed by atoms with Gasteiger partial charge in [0.1, 0.15) is 0 Å². The maximum absolute atomic E-state index is 12.7. The van der Waals surface area contributed by atoms with Crippen molar-refractivity contribution in [1.29, 1.82) is 0 Å². The second-order valence-corrected chi connectivity index (χ2v) is 8.67. The van der Waals surface area contributed by atoms with E-state index in [1.54, 1.807) is 12.1 Å². The molecule has 0 radical (unpaired) electrons. The van der Waals surface area contributed by atoms with Crippen LogP contribution in [0.4, 0.5) is 0 Å². The fraction of sp³-hybridized carbons (Fsp3) is 0.273. The highest BCUT2D eigenvalue weighted by molar-refractivity contribution is 7.86. The lowest BCUT2D eigenvalue weighted by molar-refractivity contribution is -0.0706. The van der Waals surface area contributed by atoms with Gasteiger partial charge in [0.25, 0.3) is 0 Å². The highest BCUT2D eigenvalue weighted by atomic mass is 32.2. The largest absolute Gasteiger partial charge is 0.313 e. The zero-order valence-corrected chi connectivity index (χ0v) is 16.4. The van der Waals surface area contributed by atoms with Gasteiger partial charge in [-0.15, -0.1) is 0 Å². The van der Waals surface area contributed by atoms with Crippen molar-refractivity contribution >= 4 is 20.9 Å². The first-order valence-electron chi connectivity index (χ1n) is 9.27. The van der Waals surface area contributed by atoms with Crippen molar-refractivity contribution in [2.24, 2.45) is 0 Å². The quantitative estimate of drug-likeness (QED) is 0.625. The van der Waals surface area contributed by atoms with Crippen LogP contribution in [0.25, 0.3) is 10.8 Å². The number of benzene rings is 3. The molecule has 0 amide bonds. The van der Waals surface area contributed by atoms with Gasteiger partial charge in [0.15, 0.2) is 0 Å². The summed E-state index contributed by atoms with van der Waals surface area (Å²) in [5, 5.41) is 3.90. The standard InChI is InChI=1S/C22H23NO3S/c1-3-16(2)17-10-12-21(13-11-17)27(24,25)26-23-14-19-8-4-6-18-7-5-9-20(15-23)22(18)19/h4-13,16H,3,14-15H2,1-2H3. The van der Waals surface area contributed by atoms with Crippen molar-refractivity contribution in [2.45, 2.75) is 44.2 Å². The number of hydrogen-bond acceptors (Lipinski definition) is 4. The lowest BCUT2D eigenvalue weighted by atomic mass is 9.96. The van der Waals surface area contributed by atoms with Gasteiger partial charge in [-0.25, -0.2) is 0 Å². The van der Waals surface area contributed by atoms with E-state index in [4.69, 9.17) is 4.28 Å². The smallest absolute Gasteiger partial charge is 0.192 e. The van der Waals surface area contributed by atoms with Crippen LogP contribution in [0, 0.1) is 0 Å². The number of hydroxylamine groups is 2. The monoisotopic (exact) mass is 381 g/mol. The maximum Gasteiger partial charge on any atom is 0.313 e. The van der Waals surface area contributed by atoms with E-state index >= 15 is 0 Å². The van der Waals surface area contributed by atoms with Crippen molar-refractivity contribution in [1.82, 2.24) is 5.06 Å². The Morgan fingerprint density at radius 3 is 2.11 bits per heavy atom. The van der Waals surface area contributed by atoms with Crippen molar-refractivity contribution < 1.29 is 12.7 Å². The van der Waals surface area contributed by atoms with Gasteiger partial charge >= 0.3 is 10.1 Å². The van der Waals surface area contributed by atoms with Crippen molar-refractivity contribution in [3.8, 4) is 0 Å². The van der Waals surface area contributed by atoms with Gasteiger partial charge in [-0.05, 0) is 51.9 Å². The lowest BCUT2D eigenvalue weighted by Gasteiger charge is -2.27. The Balaban J connectivity index is 1.57. The Labute approximate surface area is 160 Å². The number of nitrogens with zero attached hydrogens (tertiary/aromatic N) is 1. The van der Waals surface area contributed by atoms with Crippen LogP contribution in [-0.2, 0) is 27.5 Å². The Hall–Kier alpha value is -2.21. The van der Waals surface area contributed by atoms with Gasteiger partial charge in [0.05, 0.1) is 18.0 Å². The van der Waals surface area contributed by atoms with Crippen molar-refractivity contribution in [3.63, 3.8) is 0 Å². The molecule has 1 atom stereocenters. The SMILES string of the molecule is CCC(C)c1ccc(S(=O)(=O)ON2Cc3cccc4cccc(c34)C2)cc1. The molecule has 4 rings (SSSR count). The summed E-state index contributed by atoms with van der Waals surface area (Å²) < 4.78 is 31.0. The molecule has 0 fully saturated rings. The van der Waals surface area contributed by atoms with E-state index in [1.165, 1.54) is 15.8 Å². The molecule has 4 nitrogen and oxygen atoms in total. The first kappa shape index (κ1) is 18.2. The normalized spacial score (nSPS) is 15.8. The van der Waals surface area contributed by atoms with Crippen LogP contribution in [0.1, 0.15) is 42.9 Å². The van der Waals surface area contributed by atoms with E-state index in [0.717, 1.165) is 23.1 Å². The molecule has 140 valence electrons. The fourth-order valence-electron chi connectivity index (χ4n) is 3.63. The minimum atomic E-state index is -3.85. The molecule has 1 unspecified atom stereocenters. The summed E-state index contributed by atoms with van der Waals surface area (Å²) in [4.78, 5) is 0.187. The predicted molar refractivity (Wildman–Crippen MR) is 107 cm³/mol. The molecule has 3 aromatic carbocycles. The van der Waals surface area contributed by atoms with Gasteiger partial charge in [-0.1, -0.05) is 62.4 Å². The summed E-state index contributed by atoms with van der Waals surface area (Å²) in [7, 11) is -3.85. The molecule has 0 N–H and O–H groups in total.